The maximum absolute atomic E-state index is 5.58. The fourth-order valence-electron chi connectivity index (χ4n) is 2.12. The minimum Gasteiger partial charge on any atom is -0.444 e. The topological polar surface area (TPSA) is 62.5 Å². The molecular weight excluding hydrogens is 400 g/mol. The van der Waals surface area contributed by atoms with Crippen LogP contribution in [-0.2, 0) is 6.54 Å². The van der Waals surface area contributed by atoms with Gasteiger partial charge in [0.25, 0.3) is 0 Å². The largest absolute Gasteiger partial charge is 0.444 e. The molecule has 7 heteroatoms. The molecule has 25 heavy (non-hydrogen) atoms. The number of nitrogens with one attached hydrogen (secondary N) is 2. The third kappa shape index (κ3) is 6.74. The minimum absolute atomic E-state index is 0.413. The van der Waals surface area contributed by atoms with Crippen molar-refractivity contribution in [2.45, 2.75) is 44.4 Å². The molecule has 2 rings (SSSR count). The molecule has 0 aliphatic rings. The van der Waals surface area contributed by atoms with Crippen LogP contribution in [0.25, 0.3) is 0 Å². The summed E-state index contributed by atoms with van der Waals surface area (Å²) in [5, 5.41) is 7.05. The van der Waals surface area contributed by atoms with Gasteiger partial charge in [0.05, 0.1) is 5.69 Å². The van der Waals surface area contributed by atoms with Crippen molar-refractivity contribution in [3.63, 3.8) is 0 Å². The average Bonchev–Trinajstić information content (AvgIpc) is 2.90. The molecule has 0 radical (unpaired) electrons. The van der Waals surface area contributed by atoms with Crippen molar-refractivity contribution in [3.05, 3.63) is 46.1 Å². The molecule has 1 atom stereocenters. The van der Waals surface area contributed by atoms with Crippen LogP contribution in [0.2, 0.25) is 0 Å². The van der Waals surface area contributed by atoms with E-state index in [2.05, 4.69) is 74.7 Å². The maximum Gasteiger partial charge on any atom is 0.216 e. The Labute approximate surface area is 162 Å². The number of aryl methyl sites for hydroxylation is 2. The Morgan fingerprint density at radius 1 is 1.28 bits per heavy atom. The van der Waals surface area contributed by atoms with Crippen LogP contribution < -0.4 is 10.6 Å². The summed E-state index contributed by atoms with van der Waals surface area (Å²) in [5.41, 5.74) is 0.919. The van der Waals surface area contributed by atoms with E-state index in [-0.39, 0.29) is 0 Å². The van der Waals surface area contributed by atoms with E-state index in [1.165, 1.54) is 4.90 Å². The van der Waals surface area contributed by atoms with Crippen molar-refractivity contribution in [2.24, 2.45) is 4.99 Å². The number of aliphatic imine (C=N–C) groups is 1. The van der Waals surface area contributed by atoms with Crippen molar-refractivity contribution in [3.8, 4) is 0 Å². The van der Waals surface area contributed by atoms with Gasteiger partial charge in [0.2, 0.25) is 5.89 Å². The van der Waals surface area contributed by atoms with E-state index in [4.69, 9.17) is 4.42 Å². The van der Waals surface area contributed by atoms with Crippen LogP contribution in [0.15, 0.2) is 43.0 Å². The van der Waals surface area contributed by atoms with Gasteiger partial charge < -0.3 is 15.1 Å². The molecule has 0 aliphatic carbocycles. The normalized spacial score (nSPS) is 12.9. The molecule has 0 fully saturated rings. The average molecular weight is 425 g/mol. The highest BCUT2D eigenvalue weighted by Gasteiger charge is 2.08. The first-order valence-electron chi connectivity index (χ1n) is 8.35. The summed E-state index contributed by atoms with van der Waals surface area (Å²) in [4.78, 5) is 10.2. The first-order chi connectivity index (χ1) is 12.0. The van der Waals surface area contributed by atoms with E-state index in [1.54, 1.807) is 0 Å². The SMILES string of the molecule is CCNC(=NCc1nc(C)c(C)o1)NCC(C)Sc1ccc(Br)cc1. The minimum atomic E-state index is 0.413. The van der Waals surface area contributed by atoms with Gasteiger partial charge in [-0.3, -0.25) is 0 Å². The Bertz CT molecular complexity index is 680. The Hall–Kier alpha value is -1.47. The van der Waals surface area contributed by atoms with Crippen LogP contribution in [-0.4, -0.2) is 29.3 Å². The predicted molar refractivity (Wildman–Crippen MR) is 108 cm³/mol. The summed E-state index contributed by atoms with van der Waals surface area (Å²) in [6, 6.07) is 8.37. The van der Waals surface area contributed by atoms with Crippen molar-refractivity contribution in [1.82, 2.24) is 15.6 Å². The molecule has 0 bridgehead atoms. The van der Waals surface area contributed by atoms with Gasteiger partial charge in [0, 0.05) is 27.7 Å². The van der Waals surface area contributed by atoms with E-state index >= 15 is 0 Å². The van der Waals surface area contributed by atoms with Crippen molar-refractivity contribution >= 4 is 33.7 Å². The number of aromatic nitrogens is 1. The van der Waals surface area contributed by atoms with Gasteiger partial charge in [-0.2, -0.15) is 0 Å². The lowest BCUT2D eigenvalue weighted by atomic mass is 10.4. The number of hydrogen-bond acceptors (Lipinski definition) is 4. The van der Waals surface area contributed by atoms with Gasteiger partial charge in [0.1, 0.15) is 12.3 Å². The zero-order valence-electron chi connectivity index (χ0n) is 15.1. The van der Waals surface area contributed by atoms with E-state index in [9.17, 15) is 0 Å². The molecule has 1 heterocycles. The van der Waals surface area contributed by atoms with Gasteiger partial charge in [0.15, 0.2) is 5.96 Å². The van der Waals surface area contributed by atoms with Crippen molar-refractivity contribution in [2.75, 3.05) is 13.1 Å². The number of benzene rings is 1. The van der Waals surface area contributed by atoms with E-state index in [0.29, 0.717) is 17.7 Å². The Balaban J connectivity index is 1.87. The summed E-state index contributed by atoms with van der Waals surface area (Å²) in [6.45, 7) is 10.2. The van der Waals surface area contributed by atoms with Crippen LogP contribution in [0.3, 0.4) is 0 Å². The van der Waals surface area contributed by atoms with Crippen LogP contribution in [0.5, 0.6) is 0 Å². The fourth-order valence-corrected chi connectivity index (χ4v) is 3.31. The molecule has 1 aromatic carbocycles. The number of nitrogens with zero attached hydrogens (tertiary/aromatic N) is 2. The quantitative estimate of drug-likeness (QED) is 0.394. The molecule has 1 aromatic heterocycles. The smallest absolute Gasteiger partial charge is 0.216 e. The number of guanidine groups is 1. The zero-order valence-corrected chi connectivity index (χ0v) is 17.5. The molecule has 2 aromatic rings. The van der Waals surface area contributed by atoms with Crippen molar-refractivity contribution < 1.29 is 4.42 Å². The number of hydrogen-bond donors (Lipinski definition) is 2. The first-order valence-corrected chi connectivity index (χ1v) is 10.0. The first kappa shape index (κ1) is 19.8. The van der Waals surface area contributed by atoms with Gasteiger partial charge in [-0.05, 0) is 45.0 Å². The highest BCUT2D eigenvalue weighted by molar-refractivity contribution is 9.10. The number of thioether (sulfide) groups is 1. The number of oxazole rings is 1. The molecule has 0 spiro atoms. The van der Waals surface area contributed by atoms with Crippen LogP contribution in [0.4, 0.5) is 0 Å². The zero-order chi connectivity index (χ0) is 18.2. The number of rotatable bonds is 7. The molecule has 2 N–H and O–H groups in total. The predicted octanol–water partition coefficient (Wildman–Crippen LogP) is 4.29. The fraction of sp³-hybridized carbons (Fsp3) is 0.444. The molecule has 136 valence electrons. The number of halogens is 1. The van der Waals surface area contributed by atoms with Gasteiger partial charge in [-0.1, -0.05) is 22.9 Å². The molecule has 0 saturated heterocycles. The van der Waals surface area contributed by atoms with Gasteiger partial charge in [-0.15, -0.1) is 11.8 Å². The molecule has 0 amide bonds. The highest BCUT2D eigenvalue weighted by atomic mass is 79.9. The lowest BCUT2D eigenvalue weighted by Gasteiger charge is -2.15. The van der Waals surface area contributed by atoms with Crippen LogP contribution in [0, 0.1) is 13.8 Å². The summed E-state index contributed by atoms with van der Waals surface area (Å²) >= 11 is 5.30. The molecular formula is C18H25BrN4OS. The Morgan fingerprint density at radius 2 is 2.00 bits per heavy atom. The third-order valence-electron chi connectivity index (χ3n) is 3.50. The maximum atomic E-state index is 5.58. The Morgan fingerprint density at radius 3 is 2.60 bits per heavy atom. The Kier molecular flexibility index (Phi) is 7.84. The molecule has 0 saturated carbocycles. The second-order valence-electron chi connectivity index (χ2n) is 5.71. The lowest BCUT2D eigenvalue weighted by Crippen LogP contribution is -2.40. The van der Waals surface area contributed by atoms with Gasteiger partial charge >= 0.3 is 0 Å². The van der Waals surface area contributed by atoms with E-state index in [0.717, 1.165) is 35.0 Å². The van der Waals surface area contributed by atoms with E-state index in [1.807, 2.05) is 25.6 Å². The monoisotopic (exact) mass is 424 g/mol. The van der Waals surface area contributed by atoms with E-state index < -0.39 is 0 Å². The summed E-state index contributed by atoms with van der Waals surface area (Å²) in [7, 11) is 0. The summed E-state index contributed by atoms with van der Waals surface area (Å²) in [6.07, 6.45) is 0. The molecule has 1 unspecified atom stereocenters. The third-order valence-corrected chi connectivity index (χ3v) is 5.14. The summed E-state index contributed by atoms with van der Waals surface area (Å²) < 4.78 is 6.67. The van der Waals surface area contributed by atoms with Gasteiger partial charge in [-0.25, -0.2) is 9.98 Å². The van der Waals surface area contributed by atoms with Crippen LogP contribution in [0.1, 0.15) is 31.2 Å². The highest BCUT2D eigenvalue weighted by Crippen LogP contribution is 2.24. The molecule has 5 nitrogen and oxygen atoms in total. The lowest BCUT2D eigenvalue weighted by molar-refractivity contribution is 0.473. The van der Waals surface area contributed by atoms with Crippen molar-refractivity contribution in [1.29, 1.82) is 0 Å². The summed E-state index contributed by atoms with van der Waals surface area (Å²) in [5.74, 6) is 2.27. The standard InChI is InChI=1S/C18H25BrN4OS/c1-5-20-18(22-11-17-23-13(3)14(4)24-17)21-10-12(2)25-16-8-6-15(19)7-9-16/h6-9,12H,5,10-11H2,1-4H3,(H2,20,21,22). The van der Waals surface area contributed by atoms with Crippen LogP contribution >= 0.6 is 27.7 Å². The second-order valence-corrected chi connectivity index (χ2v) is 8.14. The molecule has 0 aliphatic heterocycles. The second kappa shape index (κ2) is 9.87.